The molecular formula is C10H12FN. The molecule has 64 valence electrons. The first-order valence-corrected chi connectivity index (χ1v) is 4.27. The van der Waals surface area contributed by atoms with Gasteiger partial charge in [-0.25, -0.2) is 4.39 Å². The van der Waals surface area contributed by atoms with Crippen LogP contribution < -0.4 is 5.73 Å². The Hall–Kier alpha value is -0.890. The first-order valence-electron chi connectivity index (χ1n) is 4.27. The number of hydrogen-bond donors (Lipinski definition) is 1. The van der Waals surface area contributed by atoms with Gasteiger partial charge in [0.05, 0.1) is 0 Å². The second-order valence-electron chi connectivity index (χ2n) is 3.39. The summed E-state index contributed by atoms with van der Waals surface area (Å²) in [5.41, 5.74) is 6.61. The van der Waals surface area contributed by atoms with Gasteiger partial charge in [-0.3, -0.25) is 0 Å². The SMILES string of the molecule is NC[C@H]1C[C@H]1c1cccc(F)c1. The third-order valence-corrected chi connectivity index (χ3v) is 2.50. The van der Waals surface area contributed by atoms with Crippen molar-refractivity contribution >= 4 is 0 Å². The number of halogens is 1. The van der Waals surface area contributed by atoms with Gasteiger partial charge in [-0.2, -0.15) is 0 Å². The fourth-order valence-electron chi connectivity index (χ4n) is 1.65. The molecule has 1 nitrogen and oxygen atoms in total. The fourth-order valence-corrected chi connectivity index (χ4v) is 1.65. The lowest BCUT2D eigenvalue weighted by atomic mass is 10.1. The van der Waals surface area contributed by atoms with Crippen molar-refractivity contribution in [3.63, 3.8) is 0 Å². The molecule has 0 saturated heterocycles. The van der Waals surface area contributed by atoms with Crippen molar-refractivity contribution < 1.29 is 4.39 Å². The van der Waals surface area contributed by atoms with Gasteiger partial charge in [0.15, 0.2) is 0 Å². The molecule has 2 heteroatoms. The Morgan fingerprint density at radius 3 is 2.92 bits per heavy atom. The van der Waals surface area contributed by atoms with E-state index in [2.05, 4.69) is 0 Å². The zero-order chi connectivity index (χ0) is 8.55. The molecule has 0 spiro atoms. The van der Waals surface area contributed by atoms with E-state index in [9.17, 15) is 4.39 Å². The first-order chi connectivity index (χ1) is 5.81. The van der Waals surface area contributed by atoms with E-state index in [0.717, 1.165) is 18.5 Å². The molecule has 1 saturated carbocycles. The molecule has 2 atom stereocenters. The van der Waals surface area contributed by atoms with Crippen LogP contribution in [0.2, 0.25) is 0 Å². The smallest absolute Gasteiger partial charge is 0.123 e. The van der Waals surface area contributed by atoms with Gasteiger partial charge in [-0.15, -0.1) is 0 Å². The molecule has 0 aromatic heterocycles. The maximum atomic E-state index is 12.8. The monoisotopic (exact) mass is 165 g/mol. The molecular weight excluding hydrogens is 153 g/mol. The summed E-state index contributed by atoms with van der Waals surface area (Å²) in [6, 6.07) is 6.82. The van der Waals surface area contributed by atoms with Gasteiger partial charge in [-0.05, 0) is 42.5 Å². The zero-order valence-electron chi connectivity index (χ0n) is 6.83. The summed E-state index contributed by atoms with van der Waals surface area (Å²) in [4.78, 5) is 0. The standard InChI is InChI=1S/C10H12FN/c11-9-3-1-2-7(4-9)10-5-8(10)6-12/h1-4,8,10H,5-6,12H2/t8-,10+/m1/s1. The topological polar surface area (TPSA) is 26.0 Å². The molecule has 0 amide bonds. The van der Waals surface area contributed by atoms with Crippen molar-refractivity contribution in [1.82, 2.24) is 0 Å². The first kappa shape index (κ1) is 7.74. The van der Waals surface area contributed by atoms with E-state index in [-0.39, 0.29) is 5.82 Å². The highest BCUT2D eigenvalue weighted by molar-refractivity contribution is 5.26. The largest absolute Gasteiger partial charge is 0.330 e. The molecule has 0 aliphatic heterocycles. The van der Waals surface area contributed by atoms with Crippen molar-refractivity contribution in [3.05, 3.63) is 35.6 Å². The van der Waals surface area contributed by atoms with Crippen LogP contribution in [0.15, 0.2) is 24.3 Å². The molecule has 1 aliphatic rings. The second kappa shape index (κ2) is 2.87. The summed E-state index contributed by atoms with van der Waals surface area (Å²) in [7, 11) is 0. The summed E-state index contributed by atoms with van der Waals surface area (Å²) in [5, 5.41) is 0. The Labute approximate surface area is 71.4 Å². The number of hydrogen-bond acceptors (Lipinski definition) is 1. The van der Waals surface area contributed by atoms with Crippen molar-refractivity contribution in [1.29, 1.82) is 0 Å². The molecule has 1 aromatic rings. The van der Waals surface area contributed by atoms with Gasteiger partial charge in [0.1, 0.15) is 5.82 Å². The van der Waals surface area contributed by atoms with E-state index in [0.29, 0.717) is 11.8 Å². The van der Waals surface area contributed by atoms with E-state index >= 15 is 0 Å². The highest BCUT2D eigenvalue weighted by Gasteiger charge is 2.36. The highest BCUT2D eigenvalue weighted by atomic mass is 19.1. The number of nitrogens with two attached hydrogens (primary N) is 1. The molecule has 1 aliphatic carbocycles. The lowest BCUT2D eigenvalue weighted by molar-refractivity contribution is 0.624. The normalized spacial score (nSPS) is 27.2. The van der Waals surface area contributed by atoms with Crippen molar-refractivity contribution in [2.75, 3.05) is 6.54 Å². The van der Waals surface area contributed by atoms with Crippen LogP contribution >= 0.6 is 0 Å². The van der Waals surface area contributed by atoms with Crippen molar-refractivity contribution in [2.45, 2.75) is 12.3 Å². The van der Waals surface area contributed by atoms with E-state index in [1.54, 1.807) is 12.1 Å². The van der Waals surface area contributed by atoms with Crippen LogP contribution in [0.1, 0.15) is 17.9 Å². The second-order valence-corrected chi connectivity index (χ2v) is 3.39. The quantitative estimate of drug-likeness (QED) is 0.711. The summed E-state index contributed by atoms with van der Waals surface area (Å²) >= 11 is 0. The Bertz CT molecular complexity index is 285. The minimum atomic E-state index is -0.143. The van der Waals surface area contributed by atoms with Gasteiger partial charge < -0.3 is 5.73 Å². The van der Waals surface area contributed by atoms with Crippen LogP contribution in [-0.4, -0.2) is 6.54 Å². The maximum Gasteiger partial charge on any atom is 0.123 e. The van der Waals surface area contributed by atoms with Gasteiger partial charge in [0.25, 0.3) is 0 Å². The van der Waals surface area contributed by atoms with Crippen LogP contribution in [0.5, 0.6) is 0 Å². The lowest BCUT2D eigenvalue weighted by Crippen LogP contribution is -2.01. The van der Waals surface area contributed by atoms with Crippen LogP contribution in [0.3, 0.4) is 0 Å². The fraction of sp³-hybridized carbons (Fsp3) is 0.400. The molecule has 2 rings (SSSR count). The van der Waals surface area contributed by atoms with E-state index in [1.165, 1.54) is 6.07 Å². The van der Waals surface area contributed by atoms with Crippen LogP contribution in [0.25, 0.3) is 0 Å². The third-order valence-electron chi connectivity index (χ3n) is 2.50. The molecule has 0 radical (unpaired) electrons. The summed E-state index contributed by atoms with van der Waals surface area (Å²) in [5.74, 6) is 0.965. The van der Waals surface area contributed by atoms with Crippen molar-refractivity contribution in [3.8, 4) is 0 Å². The summed E-state index contributed by atoms with van der Waals surface area (Å²) < 4.78 is 12.8. The molecule has 1 fully saturated rings. The molecule has 0 unspecified atom stereocenters. The Morgan fingerprint density at radius 2 is 2.33 bits per heavy atom. The molecule has 0 bridgehead atoms. The highest BCUT2D eigenvalue weighted by Crippen LogP contribution is 2.46. The van der Waals surface area contributed by atoms with Crippen LogP contribution in [0.4, 0.5) is 4.39 Å². The molecule has 12 heavy (non-hydrogen) atoms. The van der Waals surface area contributed by atoms with E-state index in [4.69, 9.17) is 5.73 Å². The van der Waals surface area contributed by atoms with Crippen LogP contribution in [-0.2, 0) is 0 Å². The predicted octanol–water partition coefficient (Wildman–Crippen LogP) is 1.89. The van der Waals surface area contributed by atoms with Gasteiger partial charge in [-0.1, -0.05) is 12.1 Å². The summed E-state index contributed by atoms with van der Waals surface area (Å²) in [6.07, 6.45) is 1.12. The number of rotatable bonds is 2. The van der Waals surface area contributed by atoms with E-state index in [1.807, 2.05) is 6.07 Å². The number of benzene rings is 1. The van der Waals surface area contributed by atoms with Gasteiger partial charge >= 0.3 is 0 Å². The van der Waals surface area contributed by atoms with Gasteiger partial charge in [0, 0.05) is 0 Å². The molecule has 0 heterocycles. The van der Waals surface area contributed by atoms with Crippen LogP contribution in [0, 0.1) is 11.7 Å². The summed E-state index contributed by atoms with van der Waals surface area (Å²) in [6.45, 7) is 0.723. The minimum absolute atomic E-state index is 0.143. The molecule has 1 aromatic carbocycles. The predicted molar refractivity (Wildman–Crippen MR) is 46.3 cm³/mol. The maximum absolute atomic E-state index is 12.8. The lowest BCUT2D eigenvalue weighted by Gasteiger charge is -1.98. The minimum Gasteiger partial charge on any atom is -0.330 e. The Balaban J connectivity index is 2.14. The zero-order valence-corrected chi connectivity index (χ0v) is 6.83. The average molecular weight is 165 g/mol. The Morgan fingerprint density at radius 1 is 1.50 bits per heavy atom. The average Bonchev–Trinajstić information content (AvgIpc) is 2.83. The van der Waals surface area contributed by atoms with E-state index < -0.39 is 0 Å². The Kier molecular flexibility index (Phi) is 1.85. The molecule has 2 N–H and O–H groups in total. The van der Waals surface area contributed by atoms with Crippen molar-refractivity contribution in [2.24, 2.45) is 11.7 Å². The van der Waals surface area contributed by atoms with Gasteiger partial charge in [0.2, 0.25) is 0 Å². The third kappa shape index (κ3) is 1.34.